The second kappa shape index (κ2) is 2.98. The largest absolute Gasteiger partial charge is 0.386 e. The molecule has 0 saturated heterocycles. The van der Waals surface area contributed by atoms with Crippen molar-refractivity contribution in [1.29, 1.82) is 0 Å². The molecule has 1 aliphatic carbocycles. The van der Waals surface area contributed by atoms with Crippen molar-refractivity contribution in [3.8, 4) is 0 Å². The highest BCUT2D eigenvalue weighted by Gasteiger charge is 2.30. The molecule has 0 heterocycles. The lowest BCUT2D eigenvalue weighted by Gasteiger charge is -2.33. The van der Waals surface area contributed by atoms with Gasteiger partial charge >= 0.3 is 0 Å². The second-order valence-electron chi connectivity index (χ2n) is 4.02. The molecular formula is C10H18O. The lowest BCUT2D eigenvalue weighted by molar-refractivity contribution is 0.0247. The summed E-state index contributed by atoms with van der Waals surface area (Å²) in [5, 5.41) is 9.98. The first-order valence-electron chi connectivity index (χ1n) is 4.46. The molecule has 11 heavy (non-hydrogen) atoms. The van der Waals surface area contributed by atoms with Crippen molar-refractivity contribution in [3.05, 3.63) is 12.2 Å². The van der Waals surface area contributed by atoms with E-state index in [0.717, 1.165) is 12.8 Å². The van der Waals surface area contributed by atoms with Crippen LogP contribution >= 0.6 is 0 Å². The fraction of sp³-hybridized carbons (Fsp3) is 0.800. The highest BCUT2D eigenvalue weighted by molar-refractivity contribution is 5.08. The zero-order chi connectivity index (χ0) is 8.48. The predicted molar refractivity (Wildman–Crippen MR) is 47.3 cm³/mol. The van der Waals surface area contributed by atoms with Gasteiger partial charge in [-0.2, -0.15) is 0 Å². The van der Waals surface area contributed by atoms with Crippen molar-refractivity contribution in [2.45, 2.75) is 39.2 Å². The van der Waals surface area contributed by atoms with Crippen LogP contribution < -0.4 is 0 Å². The number of allylic oxidation sites excluding steroid dienone is 1. The van der Waals surface area contributed by atoms with Crippen LogP contribution in [0.4, 0.5) is 0 Å². The fourth-order valence-electron chi connectivity index (χ4n) is 1.45. The molecule has 0 aromatic heterocycles. The molecular weight excluding hydrogens is 136 g/mol. The molecule has 0 aromatic carbocycles. The molecule has 64 valence electrons. The lowest BCUT2D eigenvalue weighted by atomic mass is 9.79. The van der Waals surface area contributed by atoms with Gasteiger partial charge in [0.2, 0.25) is 0 Å². The Morgan fingerprint density at radius 1 is 1.55 bits per heavy atom. The van der Waals surface area contributed by atoms with E-state index in [4.69, 9.17) is 0 Å². The Morgan fingerprint density at radius 2 is 2.18 bits per heavy atom. The minimum absolute atomic E-state index is 0.339. The van der Waals surface area contributed by atoms with Crippen LogP contribution in [0.15, 0.2) is 12.2 Å². The van der Waals surface area contributed by atoms with E-state index in [9.17, 15) is 5.11 Å². The average molecular weight is 154 g/mol. The van der Waals surface area contributed by atoms with Crippen molar-refractivity contribution in [2.75, 3.05) is 0 Å². The maximum atomic E-state index is 9.98. The number of rotatable bonds is 1. The Hall–Kier alpha value is -0.300. The second-order valence-corrected chi connectivity index (χ2v) is 4.02. The van der Waals surface area contributed by atoms with E-state index in [1.807, 2.05) is 6.08 Å². The standard InChI is InChI=1S/C10H18O/c1-8(2)10(11)6-4-9(3)5-7-10/h4,6,8-9,11H,5,7H2,1-3H3/t9-,10+/m1/s1. The highest BCUT2D eigenvalue weighted by Crippen LogP contribution is 2.31. The monoisotopic (exact) mass is 154 g/mol. The molecule has 0 bridgehead atoms. The van der Waals surface area contributed by atoms with Crippen LogP contribution in [0.2, 0.25) is 0 Å². The van der Waals surface area contributed by atoms with E-state index in [0.29, 0.717) is 11.8 Å². The smallest absolute Gasteiger partial charge is 0.0850 e. The molecule has 1 heteroatoms. The maximum Gasteiger partial charge on any atom is 0.0850 e. The Kier molecular flexibility index (Phi) is 2.38. The fourth-order valence-corrected chi connectivity index (χ4v) is 1.45. The van der Waals surface area contributed by atoms with Crippen molar-refractivity contribution < 1.29 is 5.11 Å². The molecule has 0 unspecified atom stereocenters. The van der Waals surface area contributed by atoms with Gasteiger partial charge in [-0.25, -0.2) is 0 Å². The summed E-state index contributed by atoms with van der Waals surface area (Å²) in [5.41, 5.74) is -0.521. The molecule has 0 aliphatic heterocycles. The van der Waals surface area contributed by atoms with E-state index >= 15 is 0 Å². The van der Waals surface area contributed by atoms with Crippen LogP contribution in [-0.4, -0.2) is 10.7 Å². The normalized spacial score (nSPS) is 38.1. The molecule has 1 nitrogen and oxygen atoms in total. The van der Waals surface area contributed by atoms with Gasteiger partial charge in [-0.05, 0) is 24.7 Å². The van der Waals surface area contributed by atoms with Crippen molar-refractivity contribution in [3.63, 3.8) is 0 Å². The summed E-state index contributed by atoms with van der Waals surface area (Å²) in [6.45, 7) is 6.33. The van der Waals surface area contributed by atoms with E-state index in [1.165, 1.54) is 0 Å². The summed E-state index contributed by atoms with van der Waals surface area (Å²) in [7, 11) is 0. The SMILES string of the molecule is CC(C)[C@]1(O)C=C[C@@H](C)CC1. The first-order valence-corrected chi connectivity index (χ1v) is 4.46. The van der Waals surface area contributed by atoms with Crippen LogP contribution in [0.25, 0.3) is 0 Å². The van der Waals surface area contributed by atoms with Gasteiger partial charge in [0.05, 0.1) is 5.60 Å². The molecule has 0 aromatic rings. The van der Waals surface area contributed by atoms with Gasteiger partial charge in [0, 0.05) is 0 Å². The van der Waals surface area contributed by atoms with Crippen LogP contribution in [0.1, 0.15) is 33.6 Å². The zero-order valence-electron chi connectivity index (χ0n) is 7.67. The number of hydrogen-bond acceptors (Lipinski definition) is 1. The summed E-state index contributed by atoms with van der Waals surface area (Å²) >= 11 is 0. The van der Waals surface area contributed by atoms with Crippen molar-refractivity contribution >= 4 is 0 Å². The summed E-state index contributed by atoms with van der Waals surface area (Å²) in [6.07, 6.45) is 6.14. The minimum Gasteiger partial charge on any atom is -0.386 e. The van der Waals surface area contributed by atoms with Crippen LogP contribution in [0.3, 0.4) is 0 Å². The van der Waals surface area contributed by atoms with Crippen molar-refractivity contribution in [1.82, 2.24) is 0 Å². The third-order valence-corrected chi connectivity index (χ3v) is 2.71. The molecule has 0 saturated carbocycles. The van der Waals surface area contributed by atoms with Gasteiger partial charge in [-0.15, -0.1) is 0 Å². The van der Waals surface area contributed by atoms with Gasteiger partial charge in [0.15, 0.2) is 0 Å². The van der Waals surface area contributed by atoms with Gasteiger partial charge in [0.25, 0.3) is 0 Å². The van der Waals surface area contributed by atoms with E-state index in [1.54, 1.807) is 0 Å². The topological polar surface area (TPSA) is 20.2 Å². The van der Waals surface area contributed by atoms with Crippen LogP contribution in [0.5, 0.6) is 0 Å². The molecule has 1 N–H and O–H groups in total. The summed E-state index contributed by atoms with van der Waals surface area (Å²) in [6, 6.07) is 0. The Morgan fingerprint density at radius 3 is 2.55 bits per heavy atom. The van der Waals surface area contributed by atoms with E-state index in [-0.39, 0.29) is 0 Å². The van der Waals surface area contributed by atoms with Gasteiger partial charge in [0.1, 0.15) is 0 Å². The molecule has 0 radical (unpaired) electrons. The van der Waals surface area contributed by atoms with Gasteiger partial charge in [-0.1, -0.05) is 32.9 Å². The average Bonchev–Trinajstić information content (AvgIpc) is 1.95. The first kappa shape index (κ1) is 8.79. The van der Waals surface area contributed by atoms with Crippen molar-refractivity contribution in [2.24, 2.45) is 11.8 Å². The van der Waals surface area contributed by atoms with E-state index < -0.39 is 5.60 Å². The van der Waals surface area contributed by atoms with E-state index in [2.05, 4.69) is 26.8 Å². The molecule has 2 atom stereocenters. The summed E-state index contributed by atoms with van der Waals surface area (Å²) in [5.74, 6) is 0.986. The lowest BCUT2D eigenvalue weighted by Crippen LogP contribution is -2.35. The predicted octanol–water partition coefficient (Wildman–Crippen LogP) is 2.36. The molecule has 0 amide bonds. The number of aliphatic hydroxyl groups is 1. The molecule has 0 fully saturated rings. The Labute approximate surface area is 69.1 Å². The Balaban J connectivity index is 2.68. The van der Waals surface area contributed by atoms with Gasteiger partial charge in [-0.3, -0.25) is 0 Å². The first-order chi connectivity index (χ1) is 5.04. The summed E-state index contributed by atoms with van der Waals surface area (Å²) < 4.78 is 0. The summed E-state index contributed by atoms with van der Waals surface area (Å²) in [4.78, 5) is 0. The van der Waals surface area contributed by atoms with Crippen LogP contribution in [-0.2, 0) is 0 Å². The van der Waals surface area contributed by atoms with Crippen LogP contribution in [0, 0.1) is 11.8 Å². The third-order valence-electron chi connectivity index (χ3n) is 2.71. The Bertz CT molecular complexity index is 160. The minimum atomic E-state index is -0.521. The quantitative estimate of drug-likeness (QED) is 0.575. The zero-order valence-corrected chi connectivity index (χ0v) is 7.67. The van der Waals surface area contributed by atoms with Gasteiger partial charge < -0.3 is 5.11 Å². The third kappa shape index (κ3) is 1.84. The molecule has 1 aliphatic rings. The molecule has 0 spiro atoms. The highest BCUT2D eigenvalue weighted by atomic mass is 16.3. The number of hydrogen-bond donors (Lipinski definition) is 1. The molecule has 1 rings (SSSR count). The maximum absolute atomic E-state index is 9.98.